The molecular formula is C10H13NO3. The zero-order valence-electron chi connectivity index (χ0n) is 8.24. The van der Waals surface area contributed by atoms with Crippen LogP contribution in [0.2, 0.25) is 0 Å². The number of methoxy groups -OCH3 is 1. The molecule has 0 radical (unpaired) electrons. The van der Waals surface area contributed by atoms with Gasteiger partial charge in [-0.15, -0.1) is 0 Å². The number of anilines is 1. The summed E-state index contributed by atoms with van der Waals surface area (Å²) in [6, 6.07) is 5.03. The molecule has 4 nitrogen and oxygen atoms in total. The van der Waals surface area contributed by atoms with Gasteiger partial charge in [0, 0.05) is 12.8 Å². The van der Waals surface area contributed by atoms with Crippen molar-refractivity contribution in [3.05, 3.63) is 29.3 Å². The Kier molecular flexibility index (Phi) is 3.48. The largest absolute Gasteiger partial charge is 0.435 e. The van der Waals surface area contributed by atoms with E-state index in [4.69, 9.17) is 10.5 Å². The average molecular weight is 195 g/mol. The van der Waals surface area contributed by atoms with Gasteiger partial charge >= 0.3 is 5.97 Å². The number of rotatable bonds is 3. The molecule has 2 N–H and O–H groups in total. The number of benzene rings is 1. The van der Waals surface area contributed by atoms with Crippen molar-refractivity contribution in [3.8, 4) is 0 Å². The van der Waals surface area contributed by atoms with E-state index in [0.29, 0.717) is 11.3 Å². The van der Waals surface area contributed by atoms with Gasteiger partial charge in [0.05, 0.1) is 5.56 Å². The molecule has 0 saturated carbocycles. The van der Waals surface area contributed by atoms with Crippen LogP contribution in [0.25, 0.3) is 0 Å². The number of carbonyl (C=O) groups is 1. The Balaban J connectivity index is 2.80. The molecule has 0 bridgehead atoms. The van der Waals surface area contributed by atoms with E-state index in [2.05, 4.69) is 4.74 Å². The zero-order chi connectivity index (χ0) is 10.6. The minimum absolute atomic E-state index is 0.0390. The Morgan fingerprint density at radius 1 is 1.50 bits per heavy atom. The lowest BCUT2D eigenvalue weighted by molar-refractivity contribution is -0.0125. The van der Waals surface area contributed by atoms with Crippen LogP contribution < -0.4 is 5.73 Å². The molecule has 0 atom stereocenters. The van der Waals surface area contributed by atoms with Crippen molar-refractivity contribution < 1.29 is 14.3 Å². The maximum Gasteiger partial charge on any atom is 0.340 e. The van der Waals surface area contributed by atoms with Gasteiger partial charge in [0.15, 0.2) is 6.79 Å². The first-order valence-corrected chi connectivity index (χ1v) is 4.17. The van der Waals surface area contributed by atoms with E-state index in [9.17, 15) is 4.79 Å². The van der Waals surface area contributed by atoms with E-state index in [1.807, 2.05) is 0 Å². The second kappa shape index (κ2) is 4.62. The topological polar surface area (TPSA) is 61.5 Å². The minimum atomic E-state index is -0.399. The Labute approximate surface area is 82.6 Å². The monoisotopic (exact) mass is 195 g/mol. The highest BCUT2D eigenvalue weighted by atomic mass is 16.7. The third-order valence-electron chi connectivity index (χ3n) is 1.78. The van der Waals surface area contributed by atoms with Gasteiger partial charge in [-0.2, -0.15) is 0 Å². The van der Waals surface area contributed by atoms with E-state index >= 15 is 0 Å². The third kappa shape index (κ3) is 2.47. The molecule has 0 fully saturated rings. The molecule has 0 unspecified atom stereocenters. The molecule has 1 aromatic carbocycles. The van der Waals surface area contributed by atoms with Crippen LogP contribution in [0.5, 0.6) is 0 Å². The summed E-state index contributed by atoms with van der Waals surface area (Å²) in [5.74, 6) is -0.399. The number of hydrogen-bond donors (Lipinski definition) is 1. The summed E-state index contributed by atoms with van der Waals surface area (Å²) in [6.07, 6.45) is 0. The second-order valence-corrected chi connectivity index (χ2v) is 2.91. The lowest BCUT2D eigenvalue weighted by Crippen LogP contribution is -2.09. The molecule has 14 heavy (non-hydrogen) atoms. The molecular weight excluding hydrogens is 182 g/mol. The first-order valence-electron chi connectivity index (χ1n) is 4.17. The van der Waals surface area contributed by atoms with Gasteiger partial charge in [-0.1, -0.05) is 0 Å². The highest BCUT2D eigenvalue weighted by molar-refractivity contribution is 5.91. The SMILES string of the molecule is COCOC(=O)c1ccc(N)cc1C. The number of nitrogen functional groups attached to an aromatic ring is 1. The van der Waals surface area contributed by atoms with Crippen molar-refractivity contribution in [1.82, 2.24) is 0 Å². The van der Waals surface area contributed by atoms with Crippen molar-refractivity contribution in [3.63, 3.8) is 0 Å². The van der Waals surface area contributed by atoms with Crippen molar-refractivity contribution >= 4 is 11.7 Å². The van der Waals surface area contributed by atoms with Crippen LogP contribution in [0.15, 0.2) is 18.2 Å². The predicted octanol–water partition coefficient (Wildman–Crippen LogP) is 1.34. The number of carbonyl (C=O) groups excluding carboxylic acids is 1. The maximum atomic E-state index is 11.4. The summed E-state index contributed by atoms with van der Waals surface area (Å²) >= 11 is 0. The average Bonchev–Trinajstić information content (AvgIpc) is 2.14. The fourth-order valence-corrected chi connectivity index (χ4v) is 1.11. The molecule has 0 heterocycles. The number of aryl methyl sites for hydroxylation is 1. The lowest BCUT2D eigenvalue weighted by atomic mass is 10.1. The summed E-state index contributed by atoms with van der Waals surface area (Å²) in [7, 11) is 1.46. The smallest absolute Gasteiger partial charge is 0.340 e. The number of nitrogens with two attached hydrogens (primary N) is 1. The Bertz CT molecular complexity index is 336. The van der Waals surface area contributed by atoms with Crippen LogP contribution in [-0.2, 0) is 9.47 Å². The zero-order valence-corrected chi connectivity index (χ0v) is 8.24. The van der Waals surface area contributed by atoms with E-state index in [-0.39, 0.29) is 6.79 Å². The molecule has 0 amide bonds. The summed E-state index contributed by atoms with van der Waals surface area (Å²) in [5.41, 5.74) is 7.49. The van der Waals surface area contributed by atoms with Crippen LogP contribution in [-0.4, -0.2) is 19.9 Å². The first-order chi connectivity index (χ1) is 6.65. The van der Waals surface area contributed by atoms with Gasteiger partial charge in [0.1, 0.15) is 0 Å². The molecule has 0 aliphatic rings. The molecule has 0 aromatic heterocycles. The number of ether oxygens (including phenoxy) is 2. The molecule has 0 aliphatic heterocycles. The van der Waals surface area contributed by atoms with Crippen molar-refractivity contribution in [2.75, 3.05) is 19.6 Å². The first kappa shape index (κ1) is 10.5. The highest BCUT2D eigenvalue weighted by Gasteiger charge is 2.09. The summed E-state index contributed by atoms with van der Waals surface area (Å²) in [5, 5.41) is 0. The standard InChI is InChI=1S/C10H13NO3/c1-7-5-8(11)3-4-9(7)10(12)14-6-13-2/h3-5H,6,11H2,1-2H3. The molecule has 4 heteroatoms. The van der Waals surface area contributed by atoms with E-state index in [1.54, 1.807) is 25.1 Å². The molecule has 76 valence electrons. The van der Waals surface area contributed by atoms with Crippen LogP contribution >= 0.6 is 0 Å². The second-order valence-electron chi connectivity index (χ2n) is 2.91. The maximum absolute atomic E-state index is 11.4. The fourth-order valence-electron chi connectivity index (χ4n) is 1.11. The Hall–Kier alpha value is -1.55. The summed E-state index contributed by atoms with van der Waals surface area (Å²) in [6.45, 7) is 1.77. The molecule has 0 spiro atoms. The van der Waals surface area contributed by atoms with Gasteiger partial charge in [0.2, 0.25) is 0 Å². The van der Waals surface area contributed by atoms with Crippen molar-refractivity contribution in [1.29, 1.82) is 0 Å². The third-order valence-corrected chi connectivity index (χ3v) is 1.78. The van der Waals surface area contributed by atoms with Crippen LogP contribution in [0.3, 0.4) is 0 Å². The number of esters is 1. The van der Waals surface area contributed by atoms with Gasteiger partial charge in [-0.05, 0) is 30.7 Å². The van der Waals surface area contributed by atoms with Crippen molar-refractivity contribution in [2.45, 2.75) is 6.92 Å². The van der Waals surface area contributed by atoms with Gasteiger partial charge in [-0.25, -0.2) is 4.79 Å². The fraction of sp³-hybridized carbons (Fsp3) is 0.300. The lowest BCUT2D eigenvalue weighted by Gasteiger charge is -2.06. The quantitative estimate of drug-likeness (QED) is 0.449. The van der Waals surface area contributed by atoms with E-state index in [1.165, 1.54) is 7.11 Å². The van der Waals surface area contributed by atoms with Gasteiger partial charge in [0.25, 0.3) is 0 Å². The minimum Gasteiger partial charge on any atom is -0.435 e. The Morgan fingerprint density at radius 3 is 2.79 bits per heavy atom. The summed E-state index contributed by atoms with van der Waals surface area (Å²) < 4.78 is 9.43. The molecule has 1 aromatic rings. The summed E-state index contributed by atoms with van der Waals surface area (Å²) in [4.78, 5) is 11.4. The van der Waals surface area contributed by atoms with Gasteiger partial charge < -0.3 is 15.2 Å². The number of hydrogen-bond acceptors (Lipinski definition) is 4. The normalized spacial score (nSPS) is 9.86. The molecule has 0 saturated heterocycles. The highest BCUT2D eigenvalue weighted by Crippen LogP contribution is 2.13. The predicted molar refractivity (Wildman–Crippen MR) is 52.9 cm³/mol. The van der Waals surface area contributed by atoms with Crippen LogP contribution in [0.4, 0.5) is 5.69 Å². The van der Waals surface area contributed by atoms with Crippen LogP contribution in [0.1, 0.15) is 15.9 Å². The molecule has 0 aliphatic carbocycles. The van der Waals surface area contributed by atoms with E-state index < -0.39 is 5.97 Å². The van der Waals surface area contributed by atoms with E-state index in [0.717, 1.165) is 5.56 Å². The van der Waals surface area contributed by atoms with Crippen molar-refractivity contribution in [2.24, 2.45) is 0 Å². The van der Waals surface area contributed by atoms with Gasteiger partial charge in [-0.3, -0.25) is 0 Å². The Morgan fingerprint density at radius 2 is 2.21 bits per heavy atom. The molecule has 1 rings (SSSR count). The van der Waals surface area contributed by atoms with Crippen LogP contribution in [0, 0.1) is 6.92 Å².